The van der Waals surface area contributed by atoms with Gasteiger partial charge in [-0.1, -0.05) is 24.6 Å². The fourth-order valence-electron chi connectivity index (χ4n) is 2.65. The molecule has 1 aliphatic rings. The van der Waals surface area contributed by atoms with E-state index in [9.17, 15) is 4.79 Å². The number of hydrogen-bond donors (Lipinski definition) is 1. The van der Waals surface area contributed by atoms with E-state index in [4.69, 9.17) is 16.3 Å². The normalized spacial score (nSPS) is 22.4. The number of methoxy groups -OCH3 is 1. The minimum Gasteiger partial charge on any atom is -0.497 e. The molecule has 110 valence electrons. The monoisotopic (exact) mass is 295 g/mol. The molecule has 1 N–H and O–H groups in total. The number of hydrogen-bond acceptors (Lipinski definition) is 2. The second kappa shape index (κ2) is 6.98. The second-order valence-corrected chi connectivity index (χ2v) is 6.07. The highest BCUT2D eigenvalue weighted by Gasteiger charge is 2.20. The van der Waals surface area contributed by atoms with Crippen molar-refractivity contribution in [1.29, 1.82) is 0 Å². The van der Waals surface area contributed by atoms with Gasteiger partial charge in [0.05, 0.1) is 13.5 Å². The summed E-state index contributed by atoms with van der Waals surface area (Å²) in [5.74, 6) is 1.55. The van der Waals surface area contributed by atoms with Gasteiger partial charge in [-0.15, -0.1) is 0 Å². The second-order valence-electron chi connectivity index (χ2n) is 5.66. The van der Waals surface area contributed by atoms with Crippen LogP contribution in [0.2, 0.25) is 5.02 Å². The molecule has 0 atom stereocenters. The number of amides is 1. The SMILES string of the molecule is COc1ccc(CC(=O)NC2CCC(C)CC2)c(Cl)c1. The smallest absolute Gasteiger partial charge is 0.224 e. The topological polar surface area (TPSA) is 38.3 Å². The van der Waals surface area contributed by atoms with Crippen molar-refractivity contribution in [2.45, 2.75) is 45.1 Å². The number of halogens is 1. The maximum Gasteiger partial charge on any atom is 0.224 e. The largest absolute Gasteiger partial charge is 0.497 e. The predicted molar refractivity (Wildman–Crippen MR) is 81.3 cm³/mol. The third-order valence-electron chi connectivity index (χ3n) is 3.99. The van der Waals surface area contributed by atoms with Crippen LogP contribution >= 0.6 is 11.6 Å². The zero-order chi connectivity index (χ0) is 14.5. The van der Waals surface area contributed by atoms with E-state index in [1.54, 1.807) is 13.2 Å². The summed E-state index contributed by atoms with van der Waals surface area (Å²) in [5.41, 5.74) is 0.842. The molecule has 1 saturated carbocycles. The zero-order valence-electron chi connectivity index (χ0n) is 12.1. The summed E-state index contributed by atoms with van der Waals surface area (Å²) >= 11 is 6.15. The minimum absolute atomic E-state index is 0.0524. The highest BCUT2D eigenvalue weighted by atomic mass is 35.5. The Kier molecular flexibility index (Phi) is 5.30. The van der Waals surface area contributed by atoms with Gasteiger partial charge in [-0.25, -0.2) is 0 Å². The molecule has 0 aliphatic heterocycles. The molecule has 1 aliphatic carbocycles. The van der Waals surface area contributed by atoms with E-state index in [2.05, 4.69) is 12.2 Å². The molecule has 1 amide bonds. The van der Waals surface area contributed by atoms with Crippen molar-refractivity contribution in [2.24, 2.45) is 5.92 Å². The zero-order valence-corrected chi connectivity index (χ0v) is 12.9. The Morgan fingerprint density at radius 2 is 2.05 bits per heavy atom. The summed E-state index contributed by atoms with van der Waals surface area (Å²) in [6, 6.07) is 5.75. The molecule has 0 heterocycles. The molecular weight excluding hydrogens is 274 g/mol. The van der Waals surface area contributed by atoms with Crippen molar-refractivity contribution < 1.29 is 9.53 Å². The molecule has 1 aromatic rings. The lowest BCUT2D eigenvalue weighted by Crippen LogP contribution is -2.38. The van der Waals surface area contributed by atoms with Gasteiger partial charge in [0.2, 0.25) is 5.91 Å². The number of benzene rings is 1. The molecule has 0 radical (unpaired) electrons. The summed E-state index contributed by atoms with van der Waals surface area (Å²) in [7, 11) is 1.60. The Hall–Kier alpha value is -1.22. The summed E-state index contributed by atoms with van der Waals surface area (Å²) < 4.78 is 5.10. The van der Waals surface area contributed by atoms with Gasteiger partial charge in [-0.2, -0.15) is 0 Å². The molecular formula is C16H22ClNO2. The number of carbonyl (C=O) groups excluding carboxylic acids is 1. The van der Waals surface area contributed by atoms with Gasteiger partial charge in [0.15, 0.2) is 0 Å². The Morgan fingerprint density at radius 3 is 2.65 bits per heavy atom. The van der Waals surface area contributed by atoms with Gasteiger partial charge < -0.3 is 10.1 Å². The van der Waals surface area contributed by atoms with Crippen LogP contribution in [-0.4, -0.2) is 19.1 Å². The van der Waals surface area contributed by atoms with Crippen molar-refractivity contribution in [3.05, 3.63) is 28.8 Å². The van der Waals surface area contributed by atoms with Crippen molar-refractivity contribution >= 4 is 17.5 Å². The van der Waals surface area contributed by atoms with Gasteiger partial charge in [-0.05, 0) is 49.3 Å². The third-order valence-corrected chi connectivity index (χ3v) is 4.34. The number of rotatable bonds is 4. The van der Waals surface area contributed by atoms with Crippen LogP contribution in [0.25, 0.3) is 0 Å². The first-order valence-corrected chi connectivity index (χ1v) is 7.58. The van der Waals surface area contributed by atoms with Crippen molar-refractivity contribution in [3.63, 3.8) is 0 Å². The highest BCUT2D eigenvalue weighted by molar-refractivity contribution is 6.31. The minimum atomic E-state index is 0.0524. The molecule has 0 saturated heterocycles. The summed E-state index contributed by atoms with van der Waals surface area (Å²) in [6.07, 6.45) is 4.91. The third kappa shape index (κ3) is 4.14. The maximum absolute atomic E-state index is 12.1. The molecule has 2 rings (SSSR count). The van der Waals surface area contributed by atoms with Crippen molar-refractivity contribution in [2.75, 3.05) is 7.11 Å². The summed E-state index contributed by atoms with van der Waals surface area (Å²) in [6.45, 7) is 2.27. The van der Waals surface area contributed by atoms with Crippen LogP contribution in [0.5, 0.6) is 5.75 Å². The van der Waals surface area contributed by atoms with Gasteiger partial charge in [0.1, 0.15) is 5.75 Å². The fraction of sp³-hybridized carbons (Fsp3) is 0.562. The van der Waals surface area contributed by atoms with E-state index < -0.39 is 0 Å². The average Bonchev–Trinajstić information content (AvgIpc) is 2.43. The Labute approximate surface area is 125 Å². The van der Waals surface area contributed by atoms with E-state index in [0.717, 1.165) is 24.3 Å². The standard InChI is InChI=1S/C16H22ClNO2/c1-11-3-6-13(7-4-11)18-16(19)9-12-5-8-14(20-2)10-15(12)17/h5,8,10-11,13H,3-4,6-7,9H2,1-2H3,(H,18,19). The molecule has 0 unspecified atom stereocenters. The molecule has 0 bridgehead atoms. The number of nitrogens with one attached hydrogen (secondary N) is 1. The molecule has 0 spiro atoms. The van der Waals surface area contributed by atoms with Crippen molar-refractivity contribution in [1.82, 2.24) is 5.32 Å². The van der Waals surface area contributed by atoms with Crippen LogP contribution in [0, 0.1) is 5.92 Å². The van der Waals surface area contributed by atoms with Gasteiger partial charge >= 0.3 is 0 Å². The Morgan fingerprint density at radius 1 is 1.35 bits per heavy atom. The summed E-state index contributed by atoms with van der Waals surface area (Å²) in [4.78, 5) is 12.1. The molecule has 3 nitrogen and oxygen atoms in total. The van der Waals surface area contributed by atoms with Crippen LogP contribution in [-0.2, 0) is 11.2 Å². The molecule has 20 heavy (non-hydrogen) atoms. The van der Waals surface area contributed by atoms with Crippen LogP contribution in [0.4, 0.5) is 0 Å². The first kappa shape index (κ1) is 15.2. The quantitative estimate of drug-likeness (QED) is 0.922. The van der Waals surface area contributed by atoms with Crippen LogP contribution in [0.15, 0.2) is 18.2 Å². The van der Waals surface area contributed by atoms with Crippen LogP contribution < -0.4 is 10.1 Å². The van der Waals surface area contributed by atoms with Gasteiger partial charge in [-0.3, -0.25) is 4.79 Å². The fourth-order valence-corrected chi connectivity index (χ4v) is 2.89. The highest BCUT2D eigenvalue weighted by Crippen LogP contribution is 2.25. The molecule has 1 aromatic carbocycles. The van der Waals surface area contributed by atoms with E-state index in [1.807, 2.05) is 12.1 Å². The van der Waals surface area contributed by atoms with E-state index in [0.29, 0.717) is 23.2 Å². The molecule has 0 aromatic heterocycles. The predicted octanol–water partition coefficient (Wildman–Crippen LogP) is 3.59. The first-order valence-electron chi connectivity index (χ1n) is 7.20. The maximum atomic E-state index is 12.1. The van der Waals surface area contributed by atoms with E-state index in [-0.39, 0.29) is 5.91 Å². The Balaban J connectivity index is 1.88. The van der Waals surface area contributed by atoms with Gasteiger partial charge in [0, 0.05) is 11.1 Å². The first-order chi connectivity index (χ1) is 9.58. The van der Waals surface area contributed by atoms with Crippen LogP contribution in [0.1, 0.15) is 38.2 Å². The lowest BCUT2D eigenvalue weighted by molar-refractivity contribution is -0.121. The lowest BCUT2D eigenvalue weighted by atomic mass is 9.87. The number of carbonyl (C=O) groups is 1. The van der Waals surface area contributed by atoms with Crippen molar-refractivity contribution in [3.8, 4) is 5.75 Å². The lowest BCUT2D eigenvalue weighted by Gasteiger charge is -2.27. The molecule has 1 fully saturated rings. The molecule has 4 heteroatoms. The average molecular weight is 296 g/mol. The van der Waals surface area contributed by atoms with E-state index >= 15 is 0 Å². The van der Waals surface area contributed by atoms with Gasteiger partial charge in [0.25, 0.3) is 0 Å². The van der Waals surface area contributed by atoms with Crippen LogP contribution in [0.3, 0.4) is 0 Å². The Bertz CT molecular complexity index is 468. The number of ether oxygens (including phenoxy) is 1. The summed E-state index contributed by atoms with van der Waals surface area (Å²) in [5, 5.41) is 3.70. The van der Waals surface area contributed by atoms with E-state index in [1.165, 1.54) is 12.8 Å².